The van der Waals surface area contributed by atoms with Crippen molar-refractivity contribution in [3.63, 3.8) is 0 Å². The second-order valence-electron chi connectivity index (χ2n) is 3.84. The summed E-state index contributed by atoms with van der Waals surface area (Å²) < 4.78 is 1.42. The van der Waals surface area contributed by atoms with Gasteiger partial charge in [0.15, 0.2) is 0 Å². The van der Waals surface area contributed by atoms with E-state index in [9.17, 15) is 9.59 Å². The van der Waals surface area contributed by atoms with Crippen LogP contribution in [0.2, 0.25) is 0 Å². The Morgan fingerprint density at radius 1 is 1.53 bits per heavy atom. The van der Waals surface area contributed by atoms with Crippen molar-refractivity contribution in [2.45, 2.75) is 26.8 Å². The molecule has 6 heteroatoms. The largest absolute Gasteiger partial charge is 0.481 e. The first-order valence-electron chi connectivity index (χ1n) is 5.18. The lowest BCUT2D eigenvalue weighted by Gasteiger charge is -2.07. The van der Waals surface area contributed by atoms with Crippen molar-refractivity contribution in [2.75, 3.05) is 0 Å². The molecule has 2 aromatic heterocycles. The Balaban J connectivity index is 2.55. The normalized spacial score (nSPS) is 10.9. The van der Waals surface area contributed by atoms with Crippen LogP contribution in [0.25, 0.3) is 10.2 Å². The number of aliphatic carboxylic acids is 1. The van der Waals surface area contributed by atoms with Gasteiger partial charge >= 0.3 is 5.97 Å². The summed E-state index contributed by atoms with van der Waals surface area (Å²) in [5, 5.41) is 9.21. The molecular weight excluding hydrogens is 240 g/mol. The Morgan fingerprint density at radius 3 is 2.88 bits per heavy atom. The molecule has 0 aliphatic rings. The highest BCUT2D eigenvalue weighted by Crippen LogP contribution is 2.20. The number of rotatable bonds is 3. The van der Waals surface area contributed by atoms with Gasteiger partial charge < -0.3 is 5.11 Å². The molecule has 2 aromatic rings. The van der Waals surface area contributed by atoms with E-state index in [0.29, 0.717) is 11.2 Å². The summed E-state index contributed by atoms with van der Waals surface area (Å²) in [5.74, 6) is -0.358. The summed E-state index contributed by atoms with van der Waals surface area (Å²) in [4.78, 5) is 28.7. The molecule has 0 bridgehead atoms. The van der Waals surface area contributed by atoms with E-state index >= 15 is 0 Å². The maximum Gasteiger partial charge on any atom is 0.305 e. The highest BCUT2D eigenvalue weighted by molar-refractivity contribution is 7.18. The molecule has 0 unspecified atom stereocenters. The number of aryl methyl sites for hydroxylation is 2. The van der Waals surface area contributed by atoms with Gasteiger partial charge in [0.1, 0.15) is 10.7 Å². The summed E-state index contributed by atoms with van der Waals surface area (Å²) >= 11 is 1.47. The summed E-state index contributed by atoms with van der Waals surface area (Å²) in [6, 6.07) is 1.80. The monoisotopic (exact) mass is 252 g/mol. The maximum atomic E-state index is 12.1. The van der Waals surface area contributed by atoms with Gasteiger partial charge in [-0.05, 0) is 19.9 Å². The lowest BCUT2D eigenvalue weighted by atomic mass is 10.3. The van der Waals surface area contributed by atoms with Crippen molar-refractivity contribution >= 4 is 27.5 Å². The number of hydrogen-bond acceptors (Lipinski definition) is 4. The van der Waals surface area contributed by atoms with Gasteiger partial charge in [-0.3, -0.25) is 14.2 Å². The van der Waals surface area contributed by atoms with E-state index in [1.54, 1.807) is 13.0 Å². The minimum Gasteiger partial charge on any atom is -0.481 e. The van der Waals surface area contributed by atoms with Gasteiger partial charge in [0.25, 0.3) is 5.56 Å². The van der Waals surface area contributed by atoms with E-state index in [1.807, 2.05) is 6.92 Å². The number of hydrogen-bond donors (Lipinski definition) is 1. The van der Waals surface area contributed by atoms with Gasteiger partial charge in [-0.15, -0.1) is 11.3 Å². The van der Waals surface area contributed by atoms with Crippen molar-refractivity contribution in [3.8, 4) is 0 Å². The number of carbonyl (C=O) groups is 1. The minimum absolute atomic E-state index is 0.0724. The van der Waals surface area contributed by atoms with E-state index in [0.717, 1.165) is 9.71 Å². The number of aromatic nitrogens is 2. The standard InChI is InChI=1S/C11H12N2O3S/c1-6-5-8-10(17-6)12-7(2)13(11(8)16)4-3-9(14)15/h5H,3-4H2,1-2H3,(H,14,15). The van der Waals surface area contributed by atoms with E-state index in [4.69, 9.17) is 5.11 Å². The van der Waals surface area contributed by atoms with Gasteiger partial charge in [-0.2, -0.15) is 0 Å². The zero-order valence-electron chi connectivity index (χ0n) is 9.56. The Hall–Kier alpha value is -1.69. The van der Waals surface area contributed by atoms with Gasteiger partial charge in [-0.1, -0.05) is 0 Å². The third kappa shape index (κ3) is 2.21. The molecule has 0 saturated heterocycles. The predicted octanol–water partition coefficient (Wildman–Crippen LogP) is 1.55. The maximum absolute atomic E-state index is 12.1. The van der Waals surface area contributed by atoms with Gasteiger partial charge in [-0.25, -0.2) is 4.98 Å². The third-order valence-electron chi connectivity index (χ3n) is 2.51. The Bertz CT molecular complexity index is 642. The molecule has 2 heterocycles. The first-order valence-corrected chi connectivity index (χ1v) is 6.00. The molecule has 2 rings (SSSR count). The number of carboxylic acids is 1. The van der Waals surface area contributed by atoms with Crippen LogP contribution < -0.4 is 5.56 Å². The Kier molecular flexibility index (Phi) is 2.97. The molecule has 0 aliphatic carbocycles. The molecule has 0 saturated carbocycles. The second kappa shape index (κ2) is 4.29. The van der Waals surface area contributed by atoms with Gasteiger partial charge in [0.2, 0.25) is 0 Å². The number of fused-ring (bicyclic) bond motifs is 1. The van der Waals surface area contributed by atoms with Gasteiger partial charge in [0, 0.05) is 11.4 Å². The number of carboxylic acid groups (broad SMARTS) is 1. The summed E-state index contributed by atoms with van der Waals surface area (Å²) in [7, 11) is 0. The zero-order valence-corrected chi connectivity index (χ0v) is 10.4. The summed E-state index contributed by atoms with van der Waals surface area (Å²) in [6.45, 7) is 3.80. The molecule has 0 atom stereocenters. The van der Waals surface area contributed by atoms with Crippen LogP contribution in [0.15, 0.2) is 10.9 Å². The lowest BCUT2D eigenvalue weighted by Crippen LogP contribution is -2.24. The number of thiophene rings is 1. The van der Waals surface area contributed by atoms with Crippen molar-refractivity contribution in [1.29, 1.82) is 0 Å². The minimum atomic E-state index is -0.919. The highest BCUT2D eigenvalue weighted by Gasteiger charge is 2.11. The third-order valence-corrected chi connectivity index (χ3v) is 3.46. The topological polar surface area (TPSA) is 72.2 Å². The van der Waals surface area contributed by atoms with Crippen LogP contribution in [0.5, 0.6) is 0 Å². The average Bonchev–Trinajstić information content (AvgIpc) is 2.58. The summed E-state index contributed by atoms with van der Waals surface area (Å²) in [5.41, 5.74) is -0.155. The van der Waals surface area contributed by atoms with Crippen molar-refractivity contribution < 1.29 is 9.90 Å². The molecule has 90 valence electrons. The molecule has 1 N–H and O–H groups in total. The molecule has 0 amide bonds. The van der Waals surface area contributed by atoms with Crippen LogP contribution in [0.3, 0.4) is 0 Å². The molecule has 5 nitrogen and oxygen atoms in total. The molecular formula is C11H12N2O3S. The van der Waals surface area contributed by atoms with E-state index in [-0.39, 0.29) is 18.5 Å². The molecule has 17 heavy (non-hydrogen) atoms. The highest BCUT2D eigenvalue weighted by atomic mass is 32.1. The SMILES string of the molecule is Cc1cc2c(=O)n(CCC(=O)O)c(C)nc2s1. The van der Waals surface area contributed by atoms with Gasteiger partial charge in [0.05, 0.1) is 11.8 Å². The molecule has 0 fully saturated rings. The smallest absolute Gasteiger partial charge is 0.305 e. The Morgan fingerprint density at radius 2 is 2.24 bits per heavy atom. The van der Waals surface area contributed by atoms with Crippen molar-refractivity contribution in [2.24, 2.45) is 0 Å². The van der Waals surface area contributed by atoms with Crippen LogP contribution in [-0.4, -0.2) is 20.6 Å². The van der Waals surface area contributed by atoms with E-state index in [1.165, 1.54) is 15.9 Å². The van der Waals surface area contributed by atoms with E-state index < -0.39 is 5.97 Å². The number of nitrogens with zero attached hydrogens (tertiary/aromatic N) is 2. The van der Waals surface area contributed by atoms with Crippen molar-refractivity contribution in [1.82, 2.24) is 9.55 Å². The van der Waals surface area contributed by atoms with Crippen LogP contribution in [0.4, 0.5) is 0 Å². The molecule has 0 radical (unpaired) electrons. The predicted molar refractivity (Wildman–Crippen MR) is 65.6 cm³/mol. The van der Waals surface area contributed by atoms with Crippen LogP contribution in [-0.2, 0) is 11.3 Å². The fourth-order valence-electron chi connectivity index (χ4n) is 1.71. The zero-order chi connectivity index (χ0) is 12.6. The van der Waals surface area contributed by atoms with Crippen LogP contribution in [0.1, 0.15) is 17.1 Å². The first kappa shape index (κ1) is 11.8. The second-order valence-corrected chi connectivity index (χ2v) is 5.07. The van der Waals surface area contributed by atoms with Crippen LogP contribution >= 0.6 is 11.3 Å². The molecule has 0 aromatic carbocycles. The average molecular weight is 252 g/mol. The summed E-state index contributed by atoms with van der Waals surface area (Å²) in [6.07, 6.45) is -0.0724. The van der Waals surface area contributed by atoms with E-state index in [2.05, 4.69) is 4.98 Å². The first-order chi connectivity index (χ1) is 7.99. The fraction of sp³-hybridized carbons (Fsp3) is 0.364. The fourth-order valence-corrected chi connectivity index (χ4v) is 2.62. The van der Waals surface area contributed by atoms with Crippen LogP contribution in [0, 0.1) is 13.8 Å². The molecule has 0 aliphatic heterocycles. The quantitative estimate of drug-likeness (QED) is 0.899. The Labute approximate surface area is 101 Å². The molecule has 0 spiro atoms. The van der Waals surface area contributed by atoms with Crippen molar-refractivity contribution in [3.05, 3.63) is 27.1 Å². The lowest BCUT2D eigenvalue weighted by molar-refractivity contribution is -0.137.